The van der Waals surface area contributed by atoms with Gasteiger partial charge in [0.05, 0.1) is 12.5 Å². The number of nitrogens with two attached hydrogens (primary N) is 1. The normalized spacial score (nSPS) is 20.1. The smallest absolute Gasteiger partial charge is 0.340 e. The number of allylic oxidation sites excluding steroid dienone is 2. The van der Waals surface area contributed by atoms with Gasteiger partial charge in [-0.1, -0.05) is 32.9 Å². The van der Waals surface area contributed by atoms with Crippen LogP contribution in [0.5, 0.6) is 5.75 Å². The minimum atomic E-state index is -0.702. The lowest BCUT2D eigenvalue weighted by Crippen LogP contribution is -2.35. The Labute approximate surface area is 182 Å². The molecule has 1 atom stereocenters. The molecule has 0 saturated heterocycles. The Balaban J connectivity index is 2.04. The average molecular weight is 427 g/mol. The second-order valence-electron chi connectivity index (χ2n) is 8.60. The zero-order valence-electron chi connectivity index (χ0n) is 18.4. The van der Waals surface area contributed by atoms with Crippen LogP contribution in [-0.2, 0) is 23.9 Å². The molecule has 0 fully saturated rings. The third kappa shape index (κ3) is 4.81. The van der Waals surface area contributed by atoms with E-state index in [1.807, 2.05) is 20.8 Å². The number of hydrogen-bond acceptors (Lipinski definition) is 7. The molecule has 1 aromatic rings. The van der Waals surface area contributed by atoms with Crippen molar-refractivity contribution in [1.82, 2.24) is 0 Å². The van der Waals surface area contributed by atoms with E-state index in [9.17, 15) is 14.4 Å². The van der Waals surface area contributed by atoms with Crippen LogP contribution >= 0.6 is 0 Å². The van der Waals surface area contributed by atoms with Gasteiger partial charge >= 0.3 is 11.9 Å². The third-order valence-electron chi connectivity index (χ3n) is 5.35. The molecule has 2 aliphatic rings. The van der Waals surface area contributed by atoms with E-state index in [4.69, 9.17) is 19.9 Å². The minimum Gasteiger partial charge on any atom is -0.462 e. The first-order valence-corrected chi connectivity index (χ1v) is 10.6. The van der Waals surface area contributed by atoms with Crippen molar-refractivity contribution in [2.45, 2.75) is 59.3 Å². The number of carbonyl (C=O) groups excluding carboxylic acids is 3. The van der Waals surface area contributed by atoms with Crippen molar-refractivity contribution in [2.24, 2.45) is 11.1 Å². The van der Waals surface area contributed by atoms with E-state index in [1.54, 1.807) is 31.2 Å². The molecule has 1 aromatic carbocycles. The lowest BCUT2D eigenvalue weighted by Gasteiger charge is -2.37. The molecule has 1 heterocycles. The zero-order chi connectivity index (χ0) is 22.8. The van der Waals surface area contributed by atoms with E-state index in [0.29, 0.717) is 48.3 Å². The molecule has 3 rings (SSSR count). The molecule has 0 aromatic heterocycles. The van der Waals surface area contributed by atoms with Crippen LogP contribution in [-0.4, -0.2) is 24.3 Å². The quantitative estimate of drug-likeness (QED) is 0.542. The number of benzene rings is 1. The van der Waals surface area contributed by atoms with Crippen LogP contribution in [0.2, 0.25) is 0 Å². The summed E-state index contributed by atoms with van der Waals surface area (Å²) < 4.78 is 16.3. The molecule has 7 nitrogen and oxygen atoms in total. The topological polar surface area (TPSA) is 105 Å². The highest BCUT2D eigenvalue weighted by atomic mass is 16.5. The summed E-state index contributed by atoms with van der Waals surface area (Å²) in [6.07, 6.45) is 1.90. The van der Waals surface area contributed by atoms with Crippen molar-refractivity contribution < 1.29 is 28.6 Å². The van der Waals surface area contributed by atoms with Crippen molar-refractivity contribution in [3.05, 3.63) is 52.6 Å². The SMILES string of the molecule is CCCC(=O)Oc1ccc([C@H]2C(C(=O)OCC)=C(N)OC3=C2C(=O)CC(C)(C)C3)cc1. The highest BCUT2D eigenvalue weighted by Crippen LogP contribution is 2.48. The van der Waals surface area contributed by atoms with Gasteiger partial charge in [0.1, 0.15) is 17.1 Å². The largest absolute Gasteiger partial charge is 0.462 e. The molecule has 1 aliphatic heterocycles. The number of esters is 2. The fourth-order valence-corrected chi connectivity index (χ4v) is 4.04. The van der Waals surface area contributed by atoms with Crippen molar-refractivity contribution in [2.75, 3.05) is 6.61 Å². The summed E-state index contributed by atoms with van der Waals surface area (Å²) in [4.78, 5) is 37.6. The molecule has 0 bridgehead atoms. The van der Waals surface area contributed by atoms with Gasteiger partial charge in [0.2, 0.25) is 5.88 Å². The van der Waals surface area contributed by atoms with E-state index >= 15 is 0 Å². The first-order chi connectivity index (χ1) is 14.7. The summed E-state index contributed by atoms with van der Waals surface area (Å²) in [6, 6.07) is 6.76. The lowest BCUT2D eigenvalue weighted by molar-refractivity contribution is -0.139. The number of hydrogen-bond donors (Lipinski definition) is 1. The van der Waals surface area contributed by atoms with E-state index < -0.39 is 11.9 Å². The molecule has 1 aliphatic carbocycles. The van der Waals surface area contributed by atoms with Crippen LogP contribution in [0.3, 0.4) is 0 Å². The van der Waals surface area contributed by atoms with E-state index in [2.05, 4.69) is 0 Å². The minimum absolute atomic E-state index is 0.0499. The van der Waals surface area contributed by atoms with Gasteiger partial charge in [0.25, 0.3) is 0 Å². The Kier molecular flexibility index (Phi) is 6.53. The molecular formula is C24H29NO6. The third-order valence-corrected chi connectivity index (χ3v) is 5.35. The molecule has 0 amide bonds. The van der Waals surface area contributed by atoms with Crippen LogP contribution in [0.1, 0.15) is 64.9 Å². The second kappa shape index (κ2) is 8.96. The Bertz CT molecular complexity index is 955. The van der Waals surface area contributed by atoms with E-state index in [-0.39, 0.29) is 35.2 Å². The molecule has 0 saturated carbocycles. The summed E-state index contributed by atoms with van der Waals surface area (Å²) in [7, 11) is 0. The maximum absolute atomic E-state index is 13.1. The highest BCUT2D eigenvalue weighted by molar-refractivity contribution is 6.03. The monoisotopic (exact) mass is 427 g/mol. The first-order valence-electron chi connectivity index (χ1n) is 10.6. The van der Waals surface area contributed by atoms with Gasteiger partial charge < -0.3 is 19.9 Å². The Morgan fingerprint density at radius 1 is 1.16 bits per heavy atom. The number of ketones is 1. The summed E-state index contributed by atoms with van der Waals surface area (Å²) in [5.74, 6) is -0.869. The summed E-state index contributed by atoms with van der Waals surface area (Å²) in [5, 5.41) is 0. The van der Waals surface area contributed by atoms with Crippen LogP contribution in [0.4, 0.5) is 0 Å². The Hall–Kier alpha value is -3.09. The van der Waals surface area contributed by atoms with Crippen LogP contribution in [0.15, 0.2) is 47.1 Å². The van der Waals surface area contributed by atoms with Gasteiger partial charge in [0, 0.05) is 24.8 Å². The van der Waals surface area contributed by atoms with Crippen molar-refractivity contribution in [3.63, 3.8) is 0 Å². The maximum Gasteiger partial charge on any atom is 0.340 e. The average Bonchev–Trinajstić information content (AvgIpc) is 2.66. The zero-order valence-corrected chi connectivity index (χ0v) is 18.4. The van der Waals surface area contributed by atoms with Gasteiger partial charge in [-0.2, -0.15) is 0 Å². The molecule has 166 valence electrons. The standard InChI is InChI=1S/C24H29NO6/c1-5-7-18(27)30-15-10-8-14(9-11-15)19-20-16(26)12-24(3,4)13-17(20)31-22(25)21(19)23(28)29-6-2/h8-11,19H,5-7,12-13,25H2,1-4H3/t19-/m1/s1. The molecular weight excluding hydrogens is 398 g/mol. The number of rotatable bonds is 6. The van der Waals surface area contributed by atoms with Gasteiger partial charge in [-0.3, -0.25) is 9.59 Å². The molecule has 0 unspecified atom stereocenters. The molecule has 7 heteroatoms. The summed E-state index contributed by atoms with van der Waals surface area (Å²) in [5.41, 5.74) is 7.11. The van der Waals surface area contributed by atoms with Crippen molar-refractivity contribution in [1.29, 1.82) is 0 Å². The fourth-order valence-electron chi connectivity index (χ4n) is 4.04. The number of Topliss-reactive ketones (excluding diaryl/α,β-unsaturated/α-hetero) is 1. The van der Waals surface area contributed by atoms with Gasteiger partial charge in [-0.25, -0.2) is 4.79 Å². The molecule has 0 radical (unpaired) electrons. The number of ether oxygens (including phenoxy) is 3. The van der Waals surface area contributed by atoms with Gasteiger partial charge in [-0.05, 0) is 36.5 Å². The van der Waals surface area contributed by atoms with E-state index in [1.165, 1.54) is 0 Å². The number of carbonyl (C=O) groups is 3. The Morgan fingerprint density at radius 3 is 2.45 bits per heavy atom. The summed E-state index contributed by atoms with van der Waals surface area (Å²) in [6.45, 7) is 7.75. The molecule has 2 N–H and O–H groups in total. The van der Waals surface area contributed by atoms with Crippen LogP contribution in [0.25, 0.3) is 0 Å². The van der Waals surface area contributed by atoms with Gasteiger partial charge in [-0.15, -0.1) is 0 Å². The Morgan fingerprint density at radius 2 is 1.84 bits per heavy atom. The predicted molar refractivity (Wildman–Crippen MR) is 114 cm³/mol. The predicted octanol–water partition coefficient (Wildman–Crippen LogP) is 3.88. The van der Waals surface area contributed by atoms with E-state index in [0.717, 1.165) is 0 Å². The highest BCUT2D eigenvalue weighted by Gasteiger charge is 2.45. The first kappa shape index (κ1) is 22.6. The van der Waals surface area contributed by atoms with Crippen molar-refractivity contribution in [3.8, 4) is 5.75 Å². The molecule has 0 spiro atoms. The van der Waals surface area contributed by atoms with Crippen LogP contribution < -0.4 is 10.5 Å². The lowest BCUT2D eigenvalue weighted by atomic mass is 9.70. The summed E-state index contributed by atoms with van der Waals surface area (Å²) >= 11 is 0. The van der Waals surface area contributed by atoms with Crippen molar-refractivity contribution >= 4 is 17.7 Å². The fraction of sp³-hybridized carbons (Fsp3) is 0.458. The molecule has 31 heavy (non-hydrogen) atoms. The van der Waals surface area contributed by atoms with Gasteiger partial charge in [0.15, 0.2) is 5.78 Å². The maximum atomic E-state index is 13.1. The second-order valence-corrected chi connectivity index (χ2v) is 8.60. The van der Waals surface area contributed by atoms with Crippen LogP contribution in [0, 0.1) is 5.41 Å².